The molecule has 0 heterocycles. The highest BCUT2D eigenvalue weighted by Crippen LogP contribution is 2.22. The van der Waals surface area contributed by atoms with Gasteiger partial charge in [0.1, 0.15) is 11.9 Å². The second-order valence-corrected chi connectivity index (χ2v) is 3.05. The van der Waals surface area contributed by atoms with Gasteiger partial charge in [0.05, 0.1) is 18.2 Å². The molecular formula is C11H14N2O. The van der Waals surface area contributed by atoms with Crippen LogP contribution in [0.5, 0.6) is 5.75 Å². The number of hydrogen-bond acceptors (Lipinski definition) is 3. The Kier molecular flexibility index (Phi) is 3.81. The first-order valence-corrected chi connectivity index (χ1v) is 4.66. The summed E-state index contributed by atoms with van der Waals surface area (Å²) in [6.07, 6.45) is 1.14. The van der Waals surface area contributed by atoms with Crippen LogP contribution in [-0.4, -0.2) is 6.10 Å². The van der Waals surface area contributed by atoms with E-state index in [-0.39, 0.29) is 6.10 Å². The number of nitriles is 1. The van der Waals surface area contributed by atoms with Crippen molar-refractivity contribution in [2.24, 2.45) is 0 Å². The van der Waals surface area contributed by atoms with Crippen LogP contribution in [0.15, 0.2) is 24.3 Å². The molecule has 1 aromatic carbocycles. The molecule has 2 N–H and O–H groups in total. The van der Waals surface area contributed by atoms with Gasteiger partial charge in [-0.05, 0) is 18.6 Å². The molecule has 1 rings (SSSR count). The molecule has 0 bridgehead atoms. The SMILES string of the molecule is CCC(CC#N)Oc1ccccc1N. The number of nitrogens with zero attached hydrogens (tertiary/aromatic N) is 1. The topological polar surface area (TPSA) is 59.0 Å². The van der Waals surface area contributed by atoms with E-state index in [1.54, 1.807) is 6.07 Å². The van der Waals surface area contributed by atoms with Gasteiger partial charge in [-0.3, -0.25) is 0 Å². The van der Waals surface area contributed by atoms with Crippen LogP contribution in [-0.2, 0) is 0 Å². The van der Waals surface area contributed by atoms with Gasteiger partial charge in [0, 0.05) is 0 Å². The Balaban J connectivity index is 2.68. The fraction of sp³-hybridized carbons (Fsp3) is 0.364. The Morgan fingerprint density at radius 3 is 2.79 bits per heavy atom. The average molecular weight is 190 g/mol. The summed E-state index contributed by atoms with van der Waals surface area (Å²) in [6.45, 7) is 1.99. The Hall–Kier alpha value is -1.69. The van der Waals surface area contributed by atoms with Crippen molar-refractivity contribution in [1.29, 1.82) is 5.26 Å². The van der Waals surface area contributed by atoms with E-state index in [2.05, 4.69) is 6.07 Å². The van der Waals surface area contributed by atoms with Gasteiger partial charge >= 0.3 is 0 Å². The summed E-state index contributed by atoms with van der Waals surface area (Å²) in [5.41, 5.74) is 6.33. The number of hydrogen-bond donors (Lipinski definition) is 1. The van der Waals surface area contributed by atoms with Gasteiger partial charge in [-0.15, -0.1) is 0 Å². The molecular weight excluding hydrogens is 176 g/mol. The van der Waals surface area contributed by atoms with Crippen LogP contribution in [0.1, 0.15) is 19.8 Å². The molecule has 0 saturated carbocycles. The second kappa shape index (κ2) is 5.13. The highest BCUT2D eigenvalue weighted by atomic mass is 16.5. The lowest BCUT2D eigenvalue weighted by Gasteiger charge is -2.15. The smallest absolute Gasteiger partial charge is 0.142 e. The van der Waals surface area contributed by atoms with E-state index in [0.29, 0.717) is 17.9 Å². The number of ether oxygens (including phenoxy) is 1. The van der Waals surface area contributed by atoms with Gasteiger partial charge in [0.15, 0.2) is 0 Å². The molecule has 14 heavy (non-hydrogen) atoms. The minimum absolute atomic E-state index is 0.0651. The fourth-order valence-corrected chi connectivity index (χ4v) is 1.14. The van der Waals surface area contributed by atoms with E-state index in [0.717, 1.165) is 6.42 Å². The molecule has 0 radical (unpaired) electrons. The molecule has 1 unspecified atom stereocenters. The first-order valence-electron chi connectivity index (χ1n) is 4.66. The number of benzene rings is 1. The molecule has 0 saturated heterocycles. The molecule has 0 spiro atoms. The lowest BCUT2D eigenvalue weighted by Crippen LogP contribution is -2.15. The predicted molar refractivity (Wildman–Crippen MR) is 55.8 cm³/mol. The molecule has 0 amide bonds. The molecule has 1 atom stereocenters. The van der Waals surface area contributed by atoms with Gasteiger partial charge in [0.25, 0.3) is 0 Å². The molecule has 1 aromatic rings. The highest BCUT2D eigenvalue weighted by Gasteiger charge is 2.08. The van der Waals surface area contributed by atoms with Gasteiger partial charge in [-0.25, -0.2) is 0 Å². The van der Waals surface area contributed by atoms with Crippen LogP contribution in [0, 0.1) is 11.3 Å². The van der Waals surface area contributed by atoms with Gasteiger partial charge < -0.3 is 10.5 Å². The average Bonchev–Trinajstić information content (AvgIpc) is 2.20. The monoisotopic (exact) mass is 190 g/mol. The maximum absolute atomic E-state index is 8.55. The number of nitrogen functional groups attached to an aromatic ring is 1. The minimum Gasteiger partial charge on any atom is -0.487 e. The van der Waals surface area contributed by atoms with E-state index in [1.165, 1.54) is 0 Å². The third kappa shape index (κ3) is 2.67. The largest absolute Gasteiger partial charge is 0.487 e. The molecule has 0 aliphatic carbocycles. The van der Waals surface area contributed by atoms with Crippen molar-refractivity contribution < 1.29 is 4.74 Å². The van der Waals surface area contributed by atoms with E-state index in [4.69, 9.17) is 15.7 Å². The summed E-state index contributed by atoms with van der Waals surface area (Å²) in [6, 6.07) is 9.41. The van der Waals surface area contributed by atoms with Gasteiger partial charge in [-0.1, -0.05) is 19.1 Å². The Morgan fingerprint density at radius 2 is 2.21 bits per heavy atom. The number of nitrogens with two attached hydrogens (primary N) is 1. The van der Waals surface area contributed by atoms with Crippen molar-refractivity contribution >= 4 is 5.69 Å². The summed E-state index contributed by atoms with van der Waals surface area (Å²) < 4.78 is 5.59. The fourth-order valence-electron chi connectivity index (χ4n) is 1.14. The van der Waals surface area contributed by atoms with E-state index >= 15 is 0 Å². The molecule has 0 aromatic heterocycles. The summed E-state index contributed by atoms with van der Waals surface area (Å²) >= 11 is 0. The lowest BCUT2D eigenvalue weighted by atomic mass is 10.2. The van der Waals surface area contributed by atoms with Crippen LogP contribution in [0.3, 0.4) is 0 Å². The quantitative estimate of drug-likeness (QED) is 0.741. The molecule has 3 heteroatoms. The molecule has 74 valence electrons. The third-order valence-electron chi connectivity index (χ3n) is 1.99. The summed E-state index contributed by atoms with van der Waals surface area (Å²) in [7, 11) is 0. The Bertz CT molecular complexity index is 330. The van der Waals surface area contributed by atoms with Crippen molar-refractivity contribution in [2.45, 2.75) is 25.9 Å². The van der Waals surface area contributed by atoms with Crippen LogP contribution in [0.4, 0.5) is 5.69 Å². The van der Waals surface area contributed by atoms with Crippen LogP contribution in [0.2, 0.25) is 0 Å². The van der Waals surface area contributed by atoms with Gasteiger partial charge in [0.2, 0.25) is 0 Å². The summed E-state index contributed by atoms with van der Waals surface area (Å²) in [5.74, 6) is 0.662. The zero-order chi connectivity index (χ0) is 10.4. The Labute approximate surface area is 84.1 Å². The third-order valence-corrected chi connectivity index (χ3v) is 1.99. The van der Waals surface area contributed by atoms with E-state index in [9.17, 15) is 0 Å². The first-order chi connectivity index (χ1) is 6.77. The second-order valence-electron chi connectivity index (χ2n) is 3.05. The number of anilines is 1. The van der Waals surface area contributed by atoms with E-state index in [1.807, 2.05) is 25.1 Å². The Morgan fingerprint density at radius 1 is 1.50 bits per heavy atom. The summed E-state index contributed by atoms with van der Waals surface area (Å²) in [4.78, 5) is 0. The summed E-state index contributed by atoms with van der Waals surface area (Å²) in [5, 5.41) is 8.55. The maximum Gasteiger partial charge on any atom is 0.142 e. The number of para-hydroxylation sites is 2. The molecule has 3 nitrogen and oxygen atoms in total. The van der Waals surface area contributed by atoms with Gasteiger partial charge in [-0.2, -0.15) is 5.26 Å². The van der Waals surface area contributed by atoms with Crippen molar-refractivity contribution in [3.05, 3.63) is 24.3 Å². The predicted octanol–water partition coefficient (Wildman–Crippen LogP) is 2.34. The van der Waals surface area contributed by atoms with Crippen molar-refractivity contribution in [1.82, 2.24) is 0 Å². The lowest BCUT2D eigenvalue weighted by molar-refractivity contribution is 0.203. The first kappa shape index (κ1) is 10.4. The maximum atomic E-state index is 8.55. The van der Waals surface area contributed by atoms with Crippen molar-refractivity contribution in [2.75, 3.05) is 5.73 Å². The number of rotatable bonds is 4. The highest BCUT2D eigenvalue weighted by molar-refractivity contribution is 5.51. The normalized spacial score (nSPS) is 11.7. The van der Waals surface area contributed by atoms with Crippen LogP contribution >= 0.6 is 0 Å². The zero-order valence-corrected chi connectivity index (χ0v) is 8.23. The van der Waals surface area contributed by atoms with E-state index < -0.39 is 0 Å². The van der Waals surface area contributed by atoms with Crippen LogP contribution in [0.25, 0.3) is 0 Å². The molecule has 0 aliphatic rings. The minimum atomic E-state index is -0.0651. The van der Waals surface area contributed by atoms with Crippen molar-refractivity contribution in [3.8, 4) is 11.8 Å². The molecule has 0 aliphatic heterocycles. The standard InChI is InChI=1S/C11H14N2O/c1-2-9(7-8-12)14-11-6-4-3-5-10(11)13/h3-6,9H,2,7,13H2,1H3. The van der Waals surface area contributed by atoms with Crippen molar-refractivity contribution in [3.63, 3.8) is 0 Å². The van der Waals surface area contributed by atoms with Crippen LogP contribution < -0.4 is 10.5 Å². The molecule has 0 fully saturated rings. The zero-order valence-electron chi connectivity index (χ0n) is 8.23.